The Morgan fingerprint density at radius 2 is 1.32 bits per heavy atom. The zero-order valence-corrected chi connectivity index (χ0v) is 24.8. The van der Waals surface area contributed by atoms with Gasteiger partial charge in [0.05, 0.1) is 0 Å². The van der Waals surface area contributed by atoms with E-state index in [2.05, 4.69) is 60.1 Å². The standard InChI is InChI=1S/C12H19NO.3C4H9.HI.Sn/c1-10-6-7-12(14-5)8-11(10)9-13(2,3)4;3*1-3-4-2;;/h6-8H,1,9H2,2-5H3;3*1,3-4H2,2H3;1H;/q+1;;;;;/p-1. The summed E-state index contributed by atoms with van der Waals surface area (Å²) in [5, 5.41) is 0. The predicted octanol–water partition coefficient (Wildman–Crippen LogP) is 3.84. The summed E-state index contributed by atoms with van der Waals surface area (Å²) in [6.45, 7) is 8.19. The van der Waals surface area contributed by atoms with Crippen LogP contribution in [-0.2, 0) is 11.0 Å². The van der Waals surface area contributed by atoms with Gasteiger partial charge in [0.15, 0.2) is 0 Å². The molecular formula is C24H46INOSn. The van der Waals surface area contributed by atoms with Gasteiger partial charge in [0.2, 0.25) is 0 Å². The summed E-state index contributed by atoms with van der Waals surface area (Å²) in [5.74, 6) is 1.01. The topological polar surface area (TPSA) is 9.23 Å². The van der Waals surface area contributed by atoms with E-state index >= 15 is 0 Å². The number of ether oxygens (including phenoxy) is 1. The zero-order valence-electron chi connectivity index (χ0n) is 19.7. The quantitative estimate of drug-likeness (QED) is 0.177. The van der Waals surface area contributed by atoms with Crippen molar-refractivity contribution in [2.45, 2.75) is 83.6 Å². The fraction of sp³-hybridized carbons (Fsp3) is 0.750. The summed E-state index contributed by atoms with van der Waals surface area (Å²) in [7, 11) is 8.68. The monoisotopic (exact) mass is 611 g/mol. The number of benzene rings is 1. The Hall–Kier alpha value is 0.509. The first kappa shape index (κ1) is 28.5. The molecule has 4 heteroatoms. The van der Waals surface area contributed by atoms with Gasteiger partial charge in [-0.1, -0.05) is 0 Å². The minimum atomic E-state index is -2.18. The van der Waals surface area contributed by atoms with Crippen molar-refractivity contribution in [1.29, 1.82) is 0 Å². The van der Waals surface area contributed by atoms with Gasteiger partial charge in [0, 0.05) is 0 Å². The molecule has 0 saturated heterocycles. The molecule has 0 amide bonds. The Labute approximate surface area is 197 Å². The number of unbranched alkanes of at least 4 members (excludes halogenated alkanes) is 3. The van der Waals surface area contributed by atoms with E-state index in [0.717, 1.165) is 16.8 Å². The van der Waals surface area contributed by atoms with Gasteiger partial charge in [0.25, 0.3) is 0 Å². The molecule has 0 radical (unpaired) electrons. The van der Waals surface area contributed by atoms with Gasteiger partial charge in [-0.25, -0.2) is 0 Å². The number of quaternary nitrogens is 1. The van der Waals surface area contributed by atoms with E-state index < -0.39 is 18.4 Å². The van der Waals surface area contributed by atoms with Crippen molar-refractivity contribution in [3.63, 3.8) is 0 Å². The molecule has 0 aliphatic carbocycles. The average Bonchev–Trinajstić information content (AvgIpc) is 2.63. The molecule has 2 nitrogen and oxygen atoms in total. The molecule has 0 heterocycles. The molecule has 1 aromatic rings. The smallest absolute Gasteiger partial charge is 1.00 e. The molecule has 0 atom stereocenters. The van der Waals surface area contributed by atoms with Crippen LogP contribution in [0.5, 0.6) is 5.75 Å². The molecule has 0 aromatic heterocycles. The average molecular weight is 610 g/mol. The van der Waals surface area contributed by atoms with Crippen LogP contribution >= 0.6 is 0 Å². The second-order valence-corrected chi connectivity index (χ2v) is 23.4. The fourth-order valence-corrected chi connectivity index (χ4v) is 20.7. The van der Waals surface area contributed by atoms with Crippen molar-refractivity contribution < 1.29 is 33.2 Å². The third kappa shape index (κ3) is 10.5. The molecule has 0 spiro atoms. The second kappa shape index (κ2) is 14.5. The van der Waals surface area contributed by atoms with Crippen LogP contribution in [0.2, 0.25) is 13.3 Å². The van der Waals surface area contributed by atoms with Crippen LogP contribution in [0.15, 0.2) is 18.2 Å². The number of methoxy groups -OCH3 is 1. The summed E-state index contributed by atoms with van der Waals surface area (Å²) >= 11 is -2.18. The van der Waals surface area contributed by atoms with Crippen molar-refractivity contribution >= 4 is 18.4 Å². The predicted molar refractivity (Wildman–Crippen MR) is 123 cm³/mol. The number of hydrogen-bond donors (Lipinski definition) is 0. The number of hydrogen-bond acceptors (Lipinski definition) is 1. The van der Waals surface area contributed by atoms with Crippen LogP contribution in [0.1, 0.15) is 70.4 Å². The summed E-state index contributed by atoms with van der Waals surface area (Å²) in [6, 6.07) is 6.92. The Kier molecular flexibility index (Phi) is 14.8. The van der Waals surface area contributed by atoms with Crippen molar-refractivity contribution in [2.75, 3.05) is 28.3 Å². The van der Waals surface area contributed by atoms with Crippen LogP contribution in [0.4, 0.5) is 0 Å². The van der Waals surface area contributed by atoms with Crippen molar-refractivity contribution in [3.8, 4) is 5.75 Å². The fourth-order valence-electron chi connectivity index (χ4n) is 4.26. The van der Waals surface area contributed by atoms with Gasteiger partial charge in [0.1, 0.15) is 0 Å². The molecule has 0 aliphatic rings. The van der Waals surface area contributed by atoms with Crippen LogP contribution < -0.4 is 28.7 Å². The molecule has 28 heavy (non-hydrogen) atoms. The van der Waals surface area contributed by atoms with Gasteiger partial charge < -0.3 is 24.0 Å². The maximum atomic E-state index is 5.56. The van der Waals surface area contributed by atoms with Crippen LogP contribution in [0.3, 0.4) is 0 Å². The van der Waals surface area contributed by atoms with Crippen LogP contribution in [0.25, 0.3) is 0 Å². The minimum Gasteiger partial charge on any atom is -1.00 e. The first-order chi connectivity index (χ1) is 12.8. The third-order valence-electron chi connectivity index (χ3n) is 5.81. The largest absolute Gasteiger partial charge is 1.00 e. The van der Waals surface area contributed by atoms with E-state index in [1.807, 2.05) is 0 Å². The van der Waals surface area contributed by atoms with Crippen LogP contribution in [0, 0.1) is 0 Å². The van der Waals surface area contributed by atoms with E-state index in [4.69, 9.17) is 4.74 Å². The molecule has 0 saturated carbocycles. The molecule has 0 aliphatic heterocycles. The molecule has 0 N–H and O–H groups in total. The Balaban J connectivity index is 0.00000729. The first-order valence-electron chi connectivity index (χ1n) is 11.3. The van der Waals surface area contributed by atoms with Crippen molar-refractivity contribution in [3.05, 3.63) is 29.3 Å². The number of halogens is 1. The molecule has 1 aromatic carbocycles. The van der Waals surface area contributed by atoms with Crippen molar-refractivity contribution in [2.24, 2.45) is 0 Å². The SMILES string of the molecule is CCC[CH2][Sn]([CH2]CCC)([CH2]CCC)[CH2]c1ccc(OC)cc1C[N+](C)(C)C.[I-]. The van der Waals surface area contributed by atoms with E-state index in [1.54, 1.807) is 26.0 Å². The molecule has 1 rings (SSSR count). The van der Waals surface area contributed by atoms with Gasteiger partial charge in [-0.2, -0.15) is 0 Å². The summed E-state index contributed by atoms with van der Waals surface area (Å²) in [4.78, 5) is 0. The number of rotatable bonds is 14. The Morgan fingerprint density at radius 1 is 0.821 bits per heavy atom. The molecule has 0 fully saturated rings. The van der Waals surface area contributed by atoms with E-state index in [9.17, 15) is 0 Å². The van der Waals surface area contributed by atoms with Gasteiger partial charge in [-0.05, 0) is 0 Å². The Morgan fingerprint density at radius 3 is 1.71 bits per heavy atom. The third-order valence-corrected chi connectivity index (χ3v) is 21.1. The normalized spacial score (nSPS) is 12.0. The maximum absolute atomic E-state index is 5.56. The van der Waals surface area contributed by atoms with E-state index in [0.29, 0.717) is 0 Å². The van der Waals surface area contributed by atoms with Gasteiger partial charge in [-0.15, -0.1) is 0 Å². The Bertz CT molecular complexity index is 520. The zero-order chi connectivity index (χ0) is 20.3. The molecular weight excluding hydrogens is 564 g/mol. The second-order valence-electron chi connectivity index (χ2n) is 9.57. The summed E-state index contributed by atoms with van der Waals surface area (Å²) < 4.78 is 12.7. The van der Waals surface area contributed by atoms with E-state index in [-0.39, 0.29) is 24.0 Å². The van der Waals surface area contributed by atoms with Crippen LogP contribution in [-0.4, -0.2) is 51.1 Å². The maximum Gasteiger partial charge on any atom is -1.00 e. The molecule has 0 bridgehead atoms. The van der Waals surface area contributed by atoms with Gasteiger partial charge in [-0.3, -0.25) is 0 Å². The van der Waals surface area contributed by atoms with Gasteiger partial charge >= 0.3 is 175 Å². The van der Waals surface area contributed by atoms with E-state index in [1.165, 1.54) is 48.5 Å². The number of nitrogens with zero attached hydrogens (tertiary/aromatic N) is 1. The first-order valence-corrected chi connectivity index (χ1v) is 19.3. The minimum absolute atomic E-state index is 0. The molecule has 0 unspecified atom stereocenters. The summed E-state index contributed by atoms with van der Waals surface area (Å²) in [6.07, 6.45) is 8.40. The summed E-state index contributed by atoms with van der Waals surface area (Å²) in [5.41, 5.74) is 3.16. The van der Waals surface area contributed by atoms with Crippen molar-refractivity contribution in [1.82, 2.24) is 0 Å². The molecule has 164 valence electrons.